The molecule has 0 heterocycles. The molecule has 0 aromatic heterocycles. The van der Waals surface area contributed by atoms with Gasteiger partial charge < -0.3 is 5.11 Å². The number of hydrogen-bond donors (Lipinski definition) is 1. The molecule has 2 heteroatoms. The van der Waals surface area contributed by atoms with Crippen LogP contribution in [0.15, 0.2) is 24.8 Å². The molecule has 0 aliphatic heterocycles. The van der Waals surface area contributed by atoms with Crippen LogP contribution in [-0.2, 0) is 0 Å². The van der Waals surface area contributed by atoms with Gasteiger partial charge in [-0.2, -0.15) is 0 Å². The van der Waals surface area contributed by atoms with E-state index in [0.717, 1.165) is 16.7 Å². The summed E-state index contributed by atoms with van der Waals surface area (Å²) < 4.78 is 0. The van der Waals surface area contributed by atoms with Gasteiger partial charge in [-0.15, -0.1) is 0 Å². The van der Waals surface area contributed by atoms with E-state index in [4.69, 9.17) is 5.11 Å². The molecule has 1 saturated carbocycles. The lowest BCUT2D eigenvalue weighted by Crippen LogP contribution is -1.99. The molecule has 0 radical (unpaired) electrons. The third-order valence-corrected chi connectivity index (χ3v) is 2.74. The molecule has 78 valence electrons. The maximum absolute atomic E-state index is 10.9. The van der Waals surface area contributed by atoms with Crippen LogP contribution in [0.5, 0.6) is 0 Å². The van der Waals surface area contributed by atoms with Crippen molar-refractivity contribution in [1.29, 1.82) is 0 Å². The summed E-state index contributed by atoms with van der Waals surface area (Å²) in [4.78, 5) is 10.9. The van der Waals surface area contributed by atoms with Crippen LogP contribution in [-0.4, -0.2) is 11.1 Å². The molecule has 15 heavy (non-hydrogen) atoms. The predicted octanol–water partition coefficient (Wildman–Crippen LogP) is 3.30. The third-order valence-electron chi connectivity index (χ3n) is 2.74. The number of carboxylic acid groups (broad SMARTS) is 1. The fourth-order valence-corrected chi connectivity index (χ4v) is 1.67. The van der Waals surface area contributed by atoms with Crippen LogP contribution in [0.1, 0.15) is 47.2 Å². The van der Waals surface area contributed by atoms with Gasteiger partial charge in [0, 0.05) is 0 Å². The molecule has 0 bridgehead atoms. The molecule has 0 unspecified atom stereocenters. The van der Waals surface area contributed by atoms with Gasteiger partial charge in [0.2, 0.25) is 0 Å². The van der Waals surface area contributed by atoms with Gasteiger partial charge in [0.25, 0.3) is 0 Å². The smallest absolute Gasteiger partial charge is 0.335 e. The third kappa shape index (κ3) is 2.09. The highest BCUT2D eigenvalue weighted by Gasteiger charge is 2.24. The van der Waals surface area contributed by atoms with E-state index in [1.165, 1.54) is 12.8 Å². The second kappa shape index (κ2) is 3.54. The molecule has 2 nitrogen and oxygen atoms in total. The van der Waals surface area contributed by atoms with E-state index >= 15 is 0 Å². The van der Waals surface area contributed by atoms with Crippen molar-refractivity contribution in [2.24, 2.45) is 0 Å². The van der Waals surface area contributed by atoms with Crippen molar-refractivity contribution in [3.05, 3.63) is 41.5 Å². The summed E-state index contributed by atoms with van der Waals surface area (Å²) in [7, 11) is 0. The number of carboxylic acids is 1. The molecule has 1 fully saturated rings. The summed E-state index contributed by atoms with van der Waals surface area (Å²) in [5.74, 6) is -0.289. The quantitative estimate of drug-likeness (QED) is 0.816. The van der Waals surface area contributed by atoms with Crippen LogP contribution < -0.4 is 0 Å². The fourth-order valence-electron chi connectivity index (χ4n) is 1.67. The Morgan fingerprint density at radius 3 is 2.40 bits per heavy atom. The lowest BCUT2D eigenvalue weighted by Gasteiger charge is -2.06. The standard InChI is InChI=1S/C13H14O2/c1-8(2)10-5-11(9-3-4-9)7-12(6-10)13(14)15/h5-7,9H,1,3-4H2,2H3,(H,14,15). The van der Waals surface area contributed by atoms with Gasteiger partial charge in [0.15, 0.2) is 0 Å². The Balaban J connectivity index is 2.47. The average molecular weight is 202 g/mol. The van der Waals surface area contributed by atoms with Gasteiger partial charge in [-0.05, 0) is 48.9 Å². The zero-order valence-electron chi connectivity index (χ0n) is 8.79. The number of hydrogen-bond acceptors (Lipinski definition) is 1. The van der Waals surface area contributed by atoms with Crippen molar-refractivity contribution in [3.63, 3.8) is 0 Å². The number of allylic oxidation sites excluding steroid dienone is 1. The highest BCUT2D eigenvalue weighted by molar-refractivity contribution is 5.89. The molecular weight excluding hydrogens is 188 g/mol. The number of carbonyl (C=O) groups is 1. The molecule has 0 spiro atoms. The SMILES string of the molecule is C=C(C)c1cc(C(=O)O)cc(C2CC2)c1. The maximum Gasteiger partial charge on any atom is 0.335 e. The zero-order chi connectivity index (χ0) is 11.0. The van der Waals surface area contributed by atoms with Gasteiger partial charge in [-0.3, -0.25) is 0 Å². The first-order valence-electron chi connectivity index (χ1n) is 5.12. The summed E-state index contributed by atoms with van der Waals surface area (Å²) in [5.41, 5.74) is 3.38. The summed E-state index contributed by atoms with van der Waals surface area (Å²) in [6.07, 6.45) is 2.36. The van der Waals surface area contributed by atoms with Crippen LogP contribution in [0.4, 0.5) is 0 Å². The molecular formula is C13H14O2. The van der Waals surface area contributed by atoms with Gasteiger partial charge in [0.1, 0.15) is 0 Å². The maximum atomic E-state index is 10.9. The summed E-state index contributed by atoms with van der Waals surface area (Å²) in [6.45, 7) is 5.75. The van der Waals surface area contributed by atoms with E-state index < -0.39 is 5.97 Å². The van der Waals surface area contributed by atoms with Crippen molar-refractivity contribution in [2.75, 3.05) is 0 Å². The molecule has 1 aromatic carbocycles. The van der Waals surface area contributed by atoms with Gasteiger partial charge in [-0.1, -0.05) is 18.2 Å². The second-order valence-electron chi connectivity index (χ2n) is 4.20. The van der Waals surface area contributed by atoms with E-state index in [9.17, 15) is 4.79 Å². The van der Waals surface area contributed by atoms with Crippen molar-refractivity contribution in [3.8, 4) is 0 Å². The molecule has 0 amide bonds. The normalized spacial score (nSPS) is 15.0. The van der Waals surface area contributed by atoms with E-state index in [0.29, 0.717) is 11.5 Å². The van der Waals surface area contributed by atoms with Crippen LogP contribution in [0.3, 0.4) is 0 Å². The molecule has 0 atom stereocenters. The first kappa shape index (κ1) is 9.97. The van der Waals surface area contributed by atoms with Gasteiger partial charge in [0.05, 0.1) is 5.56 Å². The monoisotopic (exact) mass is 202 g/mol. The first-order valence-corrected chi connectivity index (χ1v) is 5.12. The van der Waals surface area contributed by atoms with Crippen LogP contribution >= 0.6 is 0 Å². The molecule has 0 saturated heterocycles. The number of aromatic carboxylic acids is 1. The first-order chi connectivity index (χ1) is 7.08. The Bertz CT molecular complexity index is 396. The van der Waals surface area contributed by atoms with Crippen LogP contribution in [0, 0.1) is 0 Å². The van der Waals surface area contributed by atoms with Crippen molar-refractivity contribution in [1.82, 2.24) is 0 Å². The molecule has 1 aliphatic carbocycles. The van der Waals surface area contributed by atoms with E-state index in [-0.39, 0.29) is 0 Å². The Labute approximate surface area is 89.2 Å². The number of benzene rings is 1. The lowest BCUT2D eigenvalue weighted by atomic mass is 9.99. The molecule has 1 N–H and O–H groups in total. The Morgan fingerprint density at radius 2 is 1.93 bits per heavy atom. The molecule has 1 aromatic rings. The van der Waals surface area contributed by atoms with E-state index in [1.807, 2.05) is 6.92 Å². The Kier molecular flexibility index (Phi) is 2.35. The van der Waals surface area contributed by atoms with Crippen molar-refractivity contribution >= 4 is 11.5 Å². The summed E-state index contributed by atoms with van der Waals surface area (Å²) in [5, 5.41) is 8.99. The minimum Gasteiger partial charge on any atom is -0.478 e. The summed E-state index contributed by atoms with van der Waals surface area (Å²) >= 11 is 0. The topological polar surface area (TPSA) is 37.3 Å². The minimum atomic E-state index is -0.861. The Morgan fingerprint density at radius 1 is 1.33 bits per heavy atom. The predicted molar refractivity (Wildman–Crippen MR) is 60.1 cm³/mol. The molecule has 2 rings (SSSR count). The van der Waals surface area contributed by atoms with E-state index in [1.54, 1.807) is 12.1 Å². The van der Waals surface area contributed by atoms with Crippen LogP contribution in [0.2, 0.25) is 0 Å². The minimum absolute atomic E-state index is 0.373. The number of rotatable bonds is 3. The zero-order valence-corrected chi connectivity index (χ0v) is 8.79. The Hall–Kier alpha value is -1.57. The highest BCUT2D eigenvalue weighted by atomic mass is 16.4. The van der Waals surface area contributed by atoms with Crippen molar-refractivity contribution < 1.29 is 9.90 Å². The largest absolute Gasteiger partial charge is 0.478 e. The fraction of sp³-hybridized carbons (Fsp3) is 0.308. The second-order valence-corrected chi connectivity index (χ2v) is 4.20. The lowest BCUT2D eigenvalue weighted by molar-refractivity contribution is 0.0696. The summed E-state index contributed by atoms with van der Waals surface area (Å²) in [6, 6.07) is 5.54. The molecule has 1 aliphatic rings. The van der Waals surface area contributed by atoms with Gasteiger partial charge in [-0.25, -0.2) is 4.79 Å². The highest BCUT2D eigenvalue weighted by Crippen LogP contribution is 2.41. The van der Waals surface area contributed by atoms with Gasteiger partial charge >= 0.3 is 5.97 Å². The van der Waals surface area contributed by atoms with E-state index in [2.05, 4.69) is 12.6 Å². The van der Waals surface area contributed by atoms with Crippen LogP contribution in [0.25, 0.3) is 5.57 Å². The average Bonchev–Trinajstić information content (AvgIpc) is 3.00. The van der Waals surface area contributed by atoms with Crippen molar-refractivity contribution in [2.45, 2.75) is 25.7 Å².